The molecule has 0 bridgehead atoms. The van der Waals surface area contributed by atoms with Crippen molar-refractivity contribution >= 4 is 11.6 Å². The van der Waals surface area contributed by atoms with Gasteiger partial charge in [-0.05, 0) is 60.5 Å². The highest BCUT2D eigenvalue weighted by atomic mass is 16.7. The van der Waals surface area contributed by atoms with Crippen LogP contribution in [0.3, 0.4) is 0 Å². The summed E-state index contributed by atoms with van der Waals surface area (Å²) in [4.78, 5) is 15.2. The van der Waals surface area contributed by atoms with Crippen molar-refractivity contribution in [2.24, 2.45) is 0 Å². The molecule has 0 atom stereocenters. The summed E-state index contributed by atoms with van der Waals surface area (Å²) in [6, 6.07) is 13.0. The summed E-state index contributed by atoms with van der Waals surface area (Å²) in [6.07, 6.45) is 0. The van der Waals surface area contributed by atoms with Crippen LogP contribution in [0, 0.1) is 0 Å². The number of ether oxygens (including phenoxy) is 3. The molecule has 6 heteroatoms. The van der Waals surface area contributed by atoms with Crippen LogP contribution in [-0.2, 0) is 10.2 Å². The highest BCUT2D eigenvalue weighted by Gasteiger charge is 2.18. The number of benzene rings is 2. The average Bonchev–Trinajstić information content (AvgIpc) is 2.75. The minimum absolute atomic E-state index is 0.0522. The van der Waals surface area contributed by atoms with Crippen molar-refractivity contribution in [1.82, 2.24) is 4.90 Å². The number of amides is 1. The Morgan fingerprint density at radius 2 is 1.68 bits per heavy atom. The maximum atomic E-state index is 12.8. The van der Waals surface area contributed by atoms with Crippen molar-refractivity contribution < 1.29 is 19.0 Å². The van der Waals surface area contributed by atoms with E-state index < -0.39 is 0 Å². The van der Waals surface area contributed by atoms with Crippen LogP contribution >= 0.6 is 0 Å². The molecule has 0 heterocycles. The van der Waals surface area contributed by atoms with Crippen molar-refractivity contribution in [3.05, 3.63) is 53.6 Å². The third kappa shape index (κ3) is 7.56. The number of carbonyl (C=O) groups is 1. The Balaban J connectivity index is 2.08. The summed E-state index contributed by atoms with van der Waals surface area (Å²) < 4.78 is 16.4. The highest BCUT2D eigenvalue weighted by Crippen LogP contribution is 2.32. The molecule has 2 aromatic carbocycles. The molecule has 0 unspecified atom stereocenters. The molecule has 0 aromatic heterocycles. The molecule has 170 valence electrons. The van der Waals surface area contributed by atoms with E-state index in [2.05, 4.69) is 44.8 Å². The van der Waals surface area contributed by atoms with Gasteiger partial charge in [0.1, 0.15) is 18.1 Å². The topological polar surface area (TPSA) is 60.0 Å². The van der Waals surface area contributed by atoms with Gasteiger partial charge in [0.2, 0.25) is 0 Å². The second kappa shape index (κ2) is 11.7. The van der Waals surface area contributed by atoms with Crippen LogP contribution in [0.1, 0.15) is 50.5 Å². The monoisotopic (exact) mass is 428 g/mol. The van der Waals surface area contributed by atoms with Crippen LogP contribution in [-0.4, -0.2) is 51.0 Å². The predicted octanol–water partition coefficient (Wildman–Crippen LogP) is 4.94. The SMILES string of the molecule is CCN(CC)CCOc1ccc(C(=O)Nc2cc(C(C)(C)C)ccc2OCOC)cc1. The summed E-state index contributed by atoms with van der Waals surface area (Å²) in [5, 5.41) is 2.97. The maximum absolute atomic E-state index is 12.8. The average molecular weight is 429 g/mol. The minimum Gasteiger partial charge on any atom is -0.492 e. The number of carbonyl (C=O) groups excluding carboxylic acids is 1. The minimum atomic E-state index is -0.206. The first-order valence-corrected chi connectivity index (χ1v) is 10.8. The van der Waals surface area contributed by atoms with E-state index in [-0.39, 0.29) is 18.1 Å². The molecule has 1 N–H and O–H groups in total. The maximum Gasteiger partial charge on any atom is 0.255 e. The van der Waals surface area contributed by atoms with Crippen LogP contribution in [0.2, 0.25) is 0 Å². The van der Waals surface area contributed by atoms with Gasteiger partial charge in [-0.2, -0.15) is 0 Å². The first-order chi connectivity index (χ1) is 14.8. The summed E-state index contributed by atoms with van der Waals surface area (Å²) in [5.41, 5.74) is 2.22. The van der Waals surface area contributed by atoms with Gasteiger partial charge in [-0.3, -0.25) is 4.79 Å². The summed E-state index contributed by atoms with van der Waals surface area (Å²) >= 11 is 0. The molecule has 0 fully saturated rings. The van der Waals surface area contributed by atoms with E-state index in [0.29, 0.717) is 23.6 Å². The summed E-state index contributed by atoms with van der Waals surface area (Å²) in [7, 11) is 1.56. The van der Waals surface area contributed by atoms with Crippen LogP contribution < -0.4 is 14.8 Å². The molecule has 31 heavy (non-hydrogen) atoms. The van der Waals surface area contributed by atoms with Crippen LogP contribution in [0.5, 0.6) is 11.5 Å². The van der Waals surface area contributed by atoms with Crippen molar-refractivity contribution in [3.8, 4) is 11.5 Å². The largest absolute Gasteiger partial charge is 0.492 e. The zero-order valence-corrected chi connectivity index (χ0v) is 19.7. The molecule has 0 aliphatic rings. The Kier molecular flexibility index (Phi) is 9.34. The van der Waals surface area contributed by atoms with Crippen LogP contribution in [0.15, 0.2) is 42.5 Å². The number of hydrogen-bond acceptors (Lipinski definition) is 5. The molecule has 6 nitrogen and oxygen atoms in total. The molecule has 0 saturated heterocycles. The Morgan fingerprint density at radius 1 is 1.00 bits per heavy atom. The van der Waals surface area contributed by atoms with E-state index in [1.54, 1.807) is 19.2 Å². The third-order valence-electron chi connectivity index (χ3n) is 5.11. The Labute approximate surface area is 186 Å². The number of nitrogens with zero attached hydrogens (tertiary/aromatic N) is 1. The predicted molar refractivity (Wildman–Crippen MR) is 125 cm³/mol. The first-order valence-electron chi connectivity index (χ1n) is 10.8. The van der Waals surface area contributed by atoms with Gasteiger partial charge in [0.25, 0.3) is 5.91 Å². The third-order valence-corrected chi connectivity index (χ3v) is 5.11. The standard InChI is InChI=1S/C25H36N2O4/c1-7-27(8-2)15-16-30-21-12-9-19(10-13-21)24(28)26-22-17-20(25(3,4)5)11-14-23(22)31-18-29-6/h9-14,17H,7-8,15-16,18H2,1-6H3,(H,26,28). The highest BCUT2D eigenvalue weighted by molar-refractivity contribution is 6.05. The summed E-state index contributed by atoms with van der Waals surface area (Å²) in [5.74, 6) is 1.12. The fourth-order valence-corrected chi connectivity index (χ4v) is 3.07. The molecule has 0 saturated carbocycles. The lowest BCUT2D eigenvalue weighted by Gasteiger charge is -2.21. The van der Waals surface area contributed by atoms with Gasteiger partial charge in [-0.15, -0.1) is 0 Å². The first kappa shape index (κ1) is 24.7. The van der Waals surface area contributed by atoms with Crippen molar-refractivity contribution in [2.75, 3.05) is 45.5 Å². The number of likely N-dealkylation sites (N-methyl/N-ethyl adjacent to an activating group) is 1. The number of rotatable bonds is 11. The molecular weight excluding hydrogens is 392 g/mol. The molecule has 1 amide bonds. The fourth-order valence-electron chi connectivity index (χ4n) is 3.07. The van der Waals surface area contributed by atoms with Crippen molar-refractivity contribution in [2.45, 2.75) is 40.0 Å². The van der Waals surface area contributed by atoms with E-state index in [4.69, 9.17) is 14.2 Å². The van der Waals surface area contributed by atoms with Gasteiger partial charge in [-0.1, -0.05) is 40.7 Å². The van der Waals surface area contributed by atoms with E-state index >= 15 is 0 Å². The number of hydrogen-bond donors (Lipinski definition) is 1. The van der Waals surface area contributed by atoms with E-state index in [9.17, 15) is 4.79 Å². The normalized spacial score (nSPS) is 11.5. The number of methoxy groups -OCH3 is 1. The van der Waals surface area contributed by atoms with Gasteiger partial charge >= 0.3 is 0 Å². The smallest absolute Gasteiger partial charge is 0.255 e. The van der Waals surface area contributed by atoms with Crippen LogP contribution in [0.25, 0.3) is 0 Å². The lowest BCUT2D eigenvalue weighted by atomic mass is 9.87. The molecule has 0 aliphatic carbocycles. The Morgan fingerprint density at radius 3 is 2.26 bits per heavy atom. The summed E-state index contributed by atoms with van der Waals surface area (Å²) in [6.45, 7) is 14.3. The van der Waals surface area contributed by atoms with Gasteiger partial charge in [0.05, 0.1) is 5.69 Å². The van der Waals surface area contributed by atoms with Gasteiger partial charge < -0.3 is 24.4 Å². The number of anilines is 1. The lowest BCUT2D eigenvalue weighted by Crippen LogP contribution is -2.27. The van der Waals surface area contributed by atoms with Gasteiger partial charge in [-0.25, -0.2) is 0 Å². The molecule has 2 aromatic rings. The molecule has 0 radical (unpaired) electrons. The zero-order valence-electron chi connectivity index (χ0n) is 19.7. The molecule has 2 rings (SSSR count). The van der Waals surface area contributed by atoms with E-state index in [0.717, 1.165) is 30.9 Å². The Hall–Kier alpha value is -2.57. The second-order valence-corrected chi connectivity index (χ2v) is 8.37. The van der Waals surface area contributed by atoms with Gasteiger partial charge in [0, 0.05) is 19.2 Å². The lowest BCUT2D eigenvalue weighted by molar-refractivity contribution is 0.0515. The van der Waals surface area contributed by atoms with Crippen LogP contribution in [0.4, 0.5) is 5.69 Å². The molecular formula is C25H36N2O4. The van der Waals surface area contributed by atoms with E-state index in [1.807, 2.05) is 30.3 Å². The molecule has 0 spiro atoms. The zero-order chi connectivity index (χ0) is 22.9. The fraction of sp³-hybridized carbons (Fsp3) is 0.480. The van der Waals surface area contributed by atoms with Gasteiger partial charge in [0.15, 0.2) is 6.79 Å². The second-order valence-electron chi connectivity index (χ2n) is 8.37. The van der Waals surface area contributed by atoms with Crippen molar-refractivity contribution in [3.63, 3.8) is 0 Å². The quantitative estimate of drug-likeness (QED) is 0.514. The Bertz CT molecular complexity index is 824. The number of nitrogens with one attached hydrogen (secondary N) is 1. The van der Waals surface area contributed by atoms with E-state index in [1.165, 1.54) is 0 Å². The van der Waals surface area contributed by atoms with Crippen molar-refractivity contribution in [1.29, 1.82) is 0 Å². The molecule has 0 aliphatic heterocycles.